The van der Waals surface area contributed by atoms with Crippen LogP contribution < -0.4 is 10.2 Å². The molecule has 112 valence electrons. The quantitative estimate of drug-likeness (QED) is 0.891. The fraction of sp³-hybridized carbons (Fsp3) is 0.688. The number of likely N-dealkylation sites (N-methyl/N-ethyl adjacent to an activating group) is 1. The van der Waals surface area contributed by atoms with Crippen molar-refractivity contribution in [2.45, 2.75) is 40.3 Å². The number of hydrogen-bond donors (Lipinski definition) is 1. The maximum Gasteiger partial charge on any atom is 0.129 e. The van der Waals surface area contributed by atoms with E-state index in [2.05, 4.69) is 54.9 Å². The third-order valence-electron chi connectivity index (χ3n) is 3.86. The van der Waals surface area contributed by atoms with E-state index < -0.39 is 0 Å². The van der Waals surface area contributed by atoms with Crippen molar-refractivity contribution in [2.24, 2.45) is 0 Å². The highest BCUT2D eigenvalue weighted by Gasteiger charge is 2.17. The molecule has 0 radical (unpaired) electrons. The van der Waals surface area contributed by atoms with Gasteiger partial charge in [0.05, 0.1) is 0 Å². The highest BCUT2D eigenvalue weighted by molar-refractivity contribution is 5.43. The SMILES string of the molecule is CCN1CCN(c2cc(CNC(C)C)cc(C)n2)CC1. The molecule has 4 nitrogen and oxygen atoms in total. The second kappa shape index (κ2) is 7.04. The highest BCUT2D eigenvalue weighted by Crippen LogP contribution is 2.17. The molecule has 20 heavy (non-hydrogen) atoms. The maximum absolute atomic E-state index is 4.72. The summed E-state index contributed by atoms with van der Waals surface area (Å²) in [7, 11) is 0. The summed E-state index contributed by atoms with van der Waals surface area (Å²) in [5.74, 6) is 1.14. The topological polar surface area (TPSA) is 31.4 Å². The van der Waals surface area contributed by atoms with Crippen LogP contribution in [0.2, 0.25) is 0 Å². The number of hydrogen-bond acceptors (Lipinski definition) is 4. The molecule has 1 aliphatic heterocycles. The summed E-state index contributed by atoms with van der Waals surface area (Å²) >= 11 is 0. The minimum absolute atomic E-state index is 0.514. The first-order valence-electron chi connectivity index (χ1n) is 7.76. The molecule has 0 aromatic carbocycles. The Bertz CT molecular complexity index is 422. The van der Waals surface area contributed by atoms with Crippen LogP contribution in [0, 0.1) is 6.92 Å². The van der Waals surface area contributed by atoms with Crippen molar-refractivity contribution in [1.29, 1.82) is 0 Å². The lowest BCUT2D eigenvalue weighted by molar-refractivity contribution is 0.270. The average Bonchev–Trinajstić information content (AvgIpc) is 2.44. The molecule has 1 aromatic heterocycles. The number of aryl methyl sites for hydroxylation is 1. The lowest BCUT2D eigenvalue weighted by Gasteiger charge is -2.35. The maximum atomic E-state index is 4.72. The van der Waals surface area contributed by atoms with Crippen LogP contribution in [0.1, 0.15) is 32.0 Å². The van der Waals surface area contributed by atoms with Gasteiger partial charge in [-0.2, -0.15) is 0 Å². The summed E-state index contributed by atoms with van der Waals surface area (Å²) in [6.45, 7) is 15.2. The zero-order chi connectivity index (χ0) is 14.5. The number of nitrogens with zero attached hydrogens (tertiary/aromatic N) is 3. The van der Waals surface area contributed by atoms with E-state index in [1.807, 2.05) is 0 Å². The molecule has 2 heterocycles. The van der Waals surface area contributed by atoms with Gasteiger partial charge in [0.1, 0.15) is 5.82 Å². The first kappa shape index (κ1) is 15.3. The summed E-state index contributed by atoms with van der Waals surface area (Å²) in [6.07, 6.45) is 0. The van der Waals surface area contributed by atoms with Crippen molar-refractivity contribution >= 4 is 5.82 Å². The van der Waals surface area contributed by atoms with E-state index in [-0.39, 0.29) is 0 Å². The Balaban J connectivity index is 2.04. The standard InChI is InChI=1S/C16H28N4/c1-5-19-6-8-20(9-7-19)16-11-15(10-14(4)18-16)12-17-13(2)3/h10-11,13,17H,5-9,12H2,1-4H3. The molecule has 0 spiro atoms. The van der Waals surface area contributed by atoms with Gasteiger partial charge in [-0.25, -0.2) is 4.98 Å². The number of pyridine rings is 1. The predicted octanol–water partition coefficient (Wildman–Crippen LogP) is 2.03. The fourth-order valence-corrected chi connectivity index (χ4v) is 2.60. The minimum atomic E-state index is 0.514. The van der Waals surface area contributed by atoms with Gasteiger partial charge in [-0.1, -0.05) is 20.8 Å². The van der Waals surface area contributed by atoms with Crippen LogP contribution in [0.3, 0.4) is 0 Å². The van der Waals surface area contributed by atoms with Crippen molar-refractivity contribution < 1.29 is 0 Å². The third kappa shape index (κ3) is 4.18. The molecular formula is C16H28N4. The summed E-state index contributed by atoms with van der Waals surface area (Å²) in [6, 6.07) is 4.94. The number of nitrogens with one attached hydrogen (secondary N) is 1. The monoisotopic (exact) mass is 276 g/mol. The van der Waals surface area contributed by atoms with E-state index in [1.165, 1.54) is 5.56 Å². The normalized spacial score (nSPS) is 16.9. The Morgan fingerprint density at radius 3 is 2.50 bits per heavy atom. The minimum Gasteiger partial charge on any atom is -0.354 e. The van der Waals surface area contributed by atoms with Crippen molar-refractivity contribution in [3.05, 3.63) is 23.4 Å². The van der Waals surface area contributed by atoms with Crippen LogP contribution in [-0.2, 0) is 6.54 Å². The van der Waals surface area contributed by atoms with Gasteiger partial charge in [0.15, 0.2) is 0 Å². The zero-order valence-corrected chi connectivity index (χ0v) is 13.3. The van der Waals surface area contributed by atoms with Gasteiger partial charge in [0, 0.05) is 44.5 Å². The Kier molecular flexibility index (Phi) is 5.38. The Morgan fingerprint density at radius 1 is 1.20 bits per heavy atom. The van der Waals surface area contributed by atoms with Gasteiger partial charge in [-0.05, 0) is 31.2 Å². The van der Waals surface area contributed by atoms with Crippen LogP contribution in [0.4, 0.5) is 5.82 Å². The molecule has 0 bridgehead atoms. The van der Waals surface area contributed by atoms with E-state index in [0.717, 1.165) is 50.8 Å². The molecule has 1 N–H and O–H groups in total. The van der Waals surface area contributed by atoms with E-state index >= 15 is 0 Å². The second-order valence-corrected chi connectivity index (χ2v) is 5.93. The second-order valence-electron chi connectivity index (χ2n) is 5.93. The van der Waals surface area contributed by atoms with Crippen LogP contribution in [0.15, 0.2) is 12.1 Å². The van der Waals surface area contributed by atoms with Crippen molar-refractivity contribution in [1.82, 2.24) is 15.2 Å². The fourth-order valence-electron chi connectivity index (χ4n) is 2.60. The van der Waals surface area contributed by atoms with Gasteiger partial charge in [0.25, 0.3) is 0 Å². The van der Waals surface area contributed by atoms with E-state index in [0.29, 0.717) is 6.04 Å². The van der Waals surface area contributed by atoms with Gasteiger partial charge < -0.3 is 15.1 Å². The van der Waals surface area contributed by atoms with E-state index in [9.17, 15) is 0 Å². The molecule has 0 unspecified atom stereocenters. The summed E-state index contributed by atoms with van der Waals surface area (Å²) in [4.78, 5) is 9.62. The smallest absolute Gasteiger partial charge is 0.129 e. The number of anilines is 1. The molecule has 0 atom stereocenters. The molecule has 0 aliphatic carbocycles. The highest BCUT2D eigenvalue weighted by atomic mass is 15.3. The Morgan fingerprint density at radius 2 is 1.90 bits per heavy atom. The summed E-state index contributed by atoms with van der Waals surface area (Å²) in [5.41, 5.74) is 2.44. The molecule has 0 saturated carbocycles. The molecule has 0 amide bonds. The van der Waals surface area contributed by atoms with E-state index in [4.69, 9.17) is 4.98 Å². The zero-order valence-electron chi connectivity index (χ0n) is 13.3. The third-order valence-corrected chi connectivity index (χ3v) is 3.86. The molecular weight excluding hydrogens is 248 g/mol. The predicted molar refractivity (Wildman–Crippen MR) is 85.3 cm³/mol. The van der Waals surface area contributed by atoms with Gasteiger partial charge in [-0.3, -0.25) is 0 Å². The Hall–Kier alpha value is -1.13. The Labute approximate surface area is 123 Å². The van der Waals surface area contributed by atoms with Crippen molar-refractivity contribution in [3.8, 4) is 0 Å². The van der Waals surface area contributed by atoms with Crippen LogP contribution in [-0.4, -0.2) is 48.6 Å². The number of piperazine rings is 1. The first-order chi connectivity index (χ1) is 9.58. The number of aromatic nitrogens is 1. The molecule has 1 fully saturated rings. The lowest BCUT2D eigenvalue weighted by atomic mass is 10.2. The largest absolute Gasteiger partial charge is 0.354 e. The lowest BCUT2D eigenvalue weighted by Crippen LogP contribution is -2.46. The van der Waals surface area contributed by atoms with Gasteiger partial charge >= 0.3 is 0 Å². The molecule has 1 saturated heterocycles. The van der Waals surface area contributed by atoms with Crippen LogP contribution in [0.5, 0.6) is 0 Å². The first-order valence-corrected chi connectivity index (χ1v) is 7.76. The van der Waals surface area contributed by atoms with Gasteiger partial charge in [0.2, 0.25) is 0 Å². The molecule has 1 aromatic rings. The van der Waals surface area contributed by atoms with E-state index in [1.54, 1.807) is 0 Å². The van der Waals surface area contributed by atoms with Crippen molar-refractivity contribution in [2.75, 3.05) is 37.6 Å². The molecule has 1 aliphatic rings. The number of rotatable bonds is 5. The molecule has 2 rings (SSSR count). The van der Waals surface area contributed by atoms with Crippen LogP contribution in [0.25, 0.3) is 0 Å². The summed E-state index contributed by atoms with van der Waals surface area (Å²) < 4.78 is 0. The van der Waals surface area contributed by atoms with Crippen molar-refractivity contribution in [3.63, 3.8) is 0 Å². The summed E-state index contributed by atoms with van der Waals surface area (Å²) in [5, 5.41) is 3.48. The van der Waals surface area contributed by atoms with Gasteiger partial charge in [-0.15, -0.1) is 0 Å². The van der Waals surface area contributed by atoms with Crippen LogP contribution >= 0.6 is 0 Å². The average molecular weight is 276 g/mol. The molecule has 4 heteroatoms.